The minimum absolute atomic E-state index is 0.0378. The minimum atomic E-state index is -0.488. The van der Waals surface area contributed by atoms with Gasteiger partial charge in [0.05, 0.1) is 21.7 Å². The topological polar surface area (TPSA) is 91.3 Å². The first kappa shape index (κ1) is 13.1. The third-order valence-corrected chi connectivity index (χ3v) is 2.69. The highest BCUT2D eigenvalue weighted by Crippen LogP contribution is 2.22. The van der Waals surface area contributed by atoms with Crippen LogP contribution in [0.2, 0.25) is 5.02 Å². The summed E-state index contributed by atoms with van der Waals surface area (Å²) in [6, 6.07) is 9.09. The number of non-ortho nitro benzene ring substituents is 1. The molecule has 0 saturated carbocycles. The van der Waals surface area contributed by atoms with Crippen molar-refractivity contribution in [3.63, 3.8) is 0 Å². The van der Waals surface area contributed by atoms with Gasteiger partial charge in [-0.05, 0) is 18.2 Å². The molecule has 0 radical (unpaired) electrons. The molecule has 6 nitrogen and oxygen atoms in total. The predicted molar refractivity (Wildman–Crippen MR) is 71.1 cm³/mol. The van der Waals surface area contributed by atoms with Gasteiger partial charge in [0.15, 0.2) is 0 Å². The summed E-state index contributed by atoms with van der Waals surface area (Å²) >= 11 is 5.94. The van der Waals surface area contributed by atoms with Crippen molar-refractivity contribution in [2.24, 2.45) is 0 Å². The van der Waals surface area contributed by atoms with E-state index in [9.17, 15) is 10.1 Å². The van der Waals surface area contributed by atoms with Gasteiger partial charge in [-0.1, -0.05) is 17.7 Å². The van der Waals surface area contributed by atoms with Crippen LogP contribution in [0.15, 0.2) is 36.4 Å². The van der Waals surface area contributed by atoms with Gasteiger partial charge in [0.2, 0.25) is 0 Å². The Morgan fingerprint density at radius 2 is 2.16 bits per heavy atom. The quantitative estimate of drug-likeness (QED) is 0.686. The molecule has 98 valence electrons. The van der Waals surface area contributed by atoms with Crippen LogP contribution in [0.3, 0.4) is 0 Å². The van der Waals surface area contributed by atoms with Gasteiger partial charge in [-0.15, -0.1) is 0 Å². The third-order valence-electron chi connectivity index (χ3n) is 2.34. The molecular weight excluding hydrogens is 270 g/mol. The van der Waals surface area contributed by atoms with E-state index in [1.807, 2.05) is 0 Å². The lowest BCUT2D eigenvalue weighted by Crippen LogP contribution is -2.02. The first-order chi connectivity index (χ1) is 9.06. The molecule has 0 spiro atoms. The van der Waals surface area contributed by atoms with E-state index in [1.54, 1.807) is 24.3 Å². The van der Waals surface area contributed by atoms with Crippen LogP contribution in [-0.2, 0) is 6.61 Å². The van der Waals surface area contributed by atoms with Crippen molar-refractivity contribution in [1.29, 1.82) is 0 Å². The van der Waals surface area contributed by atoms with Crippen molar-refractivity contribution in [2.45, 2.75) is 6.61 Å². The van der Waals surface area contributed by atoms with Crippen LogP contribution in [0, 0.1) is 10.1 Å². The summed E-state index contributed by atoms with van der Waals surface area (Å²) in [6.07, 6.45) is 0. The van der Waals surface area contributed by atoms with Gasteiger partial charge in [0, 0.05) is 6.07 Å². The van der Waals surface area contributed by atoms with Crippen molar-refractivity contribution < 1.29 is 9.66 Å². The first-order valence-electron chi connectivity index (χ1n) is 5.34. The standard InChI is InChI=1S/C12H10ClN3O3/c13-10-4-5-12(14)15-11(10)7-19-9-3-1-2-8(6-9)16(17)18/h1-6H,7H2,(H2,14,15). The van der Waals surface area contributed by atoms with E-state index in [4.69, 9.17) is 22.1 Å². The molecule has 0 amide bonds. The third kappa shape index (κ3) is 3.32. The summed E-state index contributed by atoms with van der Waals surface area (Å²) in [5, 5.41) is 11.1. The Bertz CT molecular complexity index is 619. The lowest BCUT2D eigenvalue weighted by Gasteiger charge is -2.07. The van der Waals surface area contributed by atoms with Crippen molar-refractivity contribution in [1.82, 2.24) is 4.98 Å². The summed E-state index contributed by atoms with van der Waals surface area (Å²) in [5.74, 6) is 0.705. The fraction of sp³-hybridized carbons (Fsp3) is 0.0833. The normalized spacial score (nSPS) is 10.2. The highest BCUT2D eigenvalue weighted by Gasteiger charge is 2.08. The number of rotatable bonds is 4. The van der Waals surface area contributed by atoms with Gasteiger partial charge in [0.1, 0.15) is 18.2 Å². The Kier molecular flexibility index (Phi) is 3.82. The smallest absolute Gasteiger partial charge is 0.273 e. The van der Waals surface area contributed by atoms with E-state index < -0.39 is 4.92 Å². The molecule has 0 aliphatic carbocycles. The maximum Gasteiger partial charge on any atom is 0.273 e. The molecule has 2 N–H and O–H groups in total. The van der Waals surface area contributed by atoms with Crippen molar-refractivity contribution in [2.75, 3.05) is 5.73 Å². The monoisotopic (exact) mass is 279 g/mol. The molecule has 0 aliphatic rings. The Hall–Kier alpha value is -2.34. The highest BCUT2D eigenvalue weighted by atomic mass is 35.5. The molecule has 0 unspecified atom stereocenters. The van der Waals surface area contributed by atoms with Gasteiger partial charge in [0.25, 0.3) is 5.69 Å². The summed E-state index contributed by atoms with van der Waals surface area (Å²) in [7, 11) is 0. The number of nitro benzene ring substituents is 1. The largest absolute Gasteiger partial charge is 0.487 e. The summed E-state index contributed by atoms with van der Waals surface area (Å²) < 4.78 is 5.41. The zero-order chi connectivity index (χ0) is 13.8. The number of nitrogens with two attached hydrogens (primary N) is 1. The first-order valence-corrected chi connectivity index (χ1v) is 5.72. The van der Waals surface area contributed by atoms with Crippen LogP contribution in [0.5, 0.6) is 5.75 Å². The van der Waals surface area contributed by atoms with E-state index in [-0.39, 0.29) is 12.3 Å². The molecule has 2 aromatic rings. The fourth-order valence-corrected chi connectivity index (χ4v) is 1.60. The molecule has 7 heteroatoms. The van der Waals surface area contributed by atoms with Crippen LogP contribution >= 0.6 is 11.6 Å². The number of ether oxygens (including phenoxy) is 1. The molecule has 0 saturated heterocycles. The Morgan fingerprint density at radius 3 is 2.89 bits per heavy atom. The van der Waals surface area contributed by atoms with Crippen LogP contribution < -0.4 is 10.5 Å². The highest BCUT2D eigenvalue weighted by molar-refractivity contribution is 6.31. The number of halogens is 1. The van der Waals surface area contributed by atoms with Crippen molar-refractivity contribution >= 4 is 23.1 Å². The van der Waals surface area contributed by atoms with E-state index in [0.717, 1.165) is 0 Å². The van der Waals surface area contributed by atoms with Crippen molar-refractivity contribution in [3.05, 3.63) is 57.2 Å². The number of hydrogen-bond donors (Lipinski definition) is 1. The summed E-state index contributed by atoms with van der Waals surface area (Å²) in [6.45, 7) is 0.0883. The Balaban J connectivity index is 2.12. The zero-order valence-corrected chi connectivity index (χ0v) is 10.5. The van der Waals surface area contributed by atoms with Gasteiger partial charge >= 0.3 is 0 Å². The molecule has 1 aromatic heterocycles. The average molecular weight is 280 g/mol. The predicted octanol–water partition coefficient (Wildman–Crippen LogP) is 2.80. The van der Waals surface area contributed by atoms with Crippen LogP contribution in [-0.4, -0.2) is 9.91 Å². The summed E-state index contributed by atoms with van der Waals surface area (Å²) in [4.78, 5) is 14.2. The second kappa shape index (κ2) is 5.53. The molecule has 0 aliphatic heterocycles. The average Bonchev–Trinajstić information content (AvgIpc) is 2.40. The molecule has 0 bridgehead atoms. The van der Waals surface area contributed by atoms with E-state index in [2.05, 4.69) is 4.98 Å². The molecule has 19 heavy (non-hydrogen) atoms. The molecule has 0 fully saturated rings. The second-order valence-electron chi connectivity index (χ2n) is 3.71. The number of aromatic nitrogens is 1. The lowest BCUT2D eigenvalue weighted by atomic mass is 10.3. The fourth-order valence-electron chi connectivity index (χ4n) is 1.44. The number of nitro groups is 1. The van der Waals surface area contributed by atoms with Gasteiger partial charge in [-0.3, -0.25) is 10.1 Å². The van der Waals surface area contributed by atoms with E-state index in [0.29, 0.717) is 22.3 Å². The molecular formula is C12H10ClN3O3. The lowest BCUT2D eigenvalue weighted by molar-refractivity contribution is -0.384. The molecule has 2 rings (SSSR count). The second-order valence-corrected chi connectivity index (χ2v) is 4.11. The van der Waals surface area contributed by atoms with Crippen LogP contribution in [0.4, 0.5) is 11.5 Å². The SMILES string of the molecule is Nc1ccc(Cl)c(COc2cccc([N+](=O)[O-])c2)n1. The number of nitrogens with zero attached hydrogens (tertiary/aromatic N) is 2. The number of nitrogen functional groups attached to an aromatic ring is 1. The molecule has 0 atom stereocenters. The number of hydrogen-bond acceptors (Lipinski definition) is 5. The number of pyridine rings is 1. The maximum absolute atomic E-state index is 10.6. The number of benzene rings is 1. The van der Waals surface area contributed by atoms with Crippen LogP contribution in [0.25, 0.3) is 0 Å². The van der Waals surface area contributed by atoms with Crippen molar-refractivity contribution in [3.8, 4) is 5.75 Å². The summed E-state index contributed by atoms with van der Waals surface area (Å²) in [5.41, 5.74) is 5.99. The number of anilines is 1. The van der Waals surface area contributed by atoms with Gasteiger partial charge in [-0.2, -0.15) is 0 Å². The maximum atomic E-state index is 10.6. The Morgan fingerprint density at radius 1 is 1.37 bits per heavy atom. The van der Waals surface area contributed by atoms with Gasteiger partial charge < -0.3 is 10.5 Å². The van der Waals surface area contributed by atoms with E-state index in [1.165, 1.54) is 12.1 Å². The minimum Gasteiger partial charge on any atom is -0.487 e. The molecule has 1 heterocycles. The van der Waals surface area contributed by atoms with E-state index >= 15 is 0 Å². The van der Waals surface area contributed by atoms with Crippen LogP contribution in [0.1, 0.15) is 5.69 Å². The zero-order valence-electron chi connectivity index (χ0n) is 9.75. The Labute approximate surface area is 113 Å². The van der Waals surface area contributed by atoms with Gasteiger partial charge in [-0.25, -0.2) is 4.98 Å². The molecule has 1 aromatic carbocycles.